The summed E-state index contributed by atoms with van der Waals surface area (Å²) < 4.78 is 1.13. The Morgan fingerprint density at radius 1 is 1.13 bits per heavy atom. The predicted molar refractivity (Wildman–Crippen MR) is 92.9 cm³/mol. The Bertz CT molecular complexity index is 935. The zero-order chi connectivity index (χ0) is 15.6. The van der Waals surface area contributed by atoms with Gasteiger partial charge in [-0.3, -0.25) is 4.98 Å². The first-order chi connectivity index (χ1) is 11.3. The van der Waals surface area contributed by atoms with Gasteiger partial charge in [0.05, 0.1) is 33.6 Å². The number of nitrogens with zero attached hydrogens (tertiary/aromatic N) is 6. The highest BCUT2D eigenvalue weighted by molar-refractivity contribution is 7.16. The third-order valence-corrected chi connectivity index (χ3v) is 4.71. The lowest BCUT2D eigenvalue weighted by molar-refractivity contribution is 0.932. The van der Waals surface area contributed by atoms with Gasteiger partial charge in [0.2, 0.25) is 0 Å². The molecule has 114 valence electrons. The predicted octanol–water partition coefficient (Wildman–Crippen LogP) is 3.45. The van der Waals surface area contributed by atoms with Crippen molar-refractivity contribution >= 4 is 55.3 Å². The Kier molecular flexibility index (Phi) is 3.56. The van der Waals surface area contributed by atoms with Crippen LogP contribution in [0.2, 0.25) is 0 Å². The third-order valence-electron chi connectivity index (χ3n) is 3.23. The molecule has 7 nitrogen and oxygen atoms in total. The molecular weight excluding hydrogens is 330 g/mol. The number of rotatable bonds is 4. The minimum absolute atomic E-state index is 0.517. The maximum atomic E-state index is 4.50. The van der Waals surface area contributed by atoms with Crippen LogP contribution in [-0.2, 0) is 0 Å². The lowest BCUT2D eigenvalue weighted by atomic mass is 10.3. The van der Waals surface area contributed by atoms with Gasteiger partial charge in [0, 0.05) is 12.7 Å². The summed E-state index contributed by atoms with van der Waals surface area (Å²) in [6.07, 6.45) is 3.33. The second-order valence-electron chi connectivity index (χ2n) is 4.70. The van der Waals surface area contributed by atoms with Gasteiger partial charge < -0.3 is 10.2 Å². The molecule has 3 aromatic heterocycles. The maximum absolute atomic E-state index is 4.50. The van der Waals surface area contributed by atoms with E-state index in [2.05, 4.69) is 36.5 Å². The van der Waals surface area contributed by atoms with E-state index in [9.17, 15) is 0 Å². The molecule has 0 unspecified atom stereocenters. The molecule has 0 fully saturated rings. The number of anilines is 4. The molecule has 23 heavy (non-hydrogen) atoms. The first-order valence-electron chi connectivity index (χ1n) is 6.72. The zero-order valence-electron chi connectivity index (χ0n) is 12.0. The summed E-state index contributed by atoms with van der Waals surface area (Å²) >= 11 is 3.11. The quantitative estimate of drug-likeness (QED) is 0.609. The fraction of sp³-hybridized carbons (Fsp3) is 0.0714. The summed E-state index contributed by atoms with van der Waals surface area (Å²) in [4.78, 5) is 14.7. The van der Waals surface area contributed by atoms with Crippen molar-refractivity contribution in [2.45, 2.75) is 0 Å². The molecule has 0 amide bonds. The summed E-state index contributed by atoms with van der Waals surface area (Å²) in [6.45, 7) is 0. The van der Waals surface area contributed by atoms with Gasteiger partial charge >= 0.3 is 0 Å². The fourth-order valence-corrected chi connectivity index (χ4v) is 3.30. The molecule has 0 spiro atoms. The molecule has 0 atom stereocenters. The van der Waals surface area contributed by atoms with Crippen molar-refractivity contribution in [3.63, 3.8) is 0 Å². The van der Waals surface area contributed by atoms with Crippen molar-refractivity contribution in [2.24, 2.45) is 0 Å². The van der Waals surface area contributed by atoms with E-state index in [-0.39, 0.29) is 0 Å². The zero-order valence-corrected chi connectivity index (χ0v) is 13.7. The molecule has 0 radical (unpaired) electrons. The van der Waals surface area contributed by atoms with E-state index < -0.39 is 0 Å². The Hall–Kier alpha value is -2.65. The second kappa shape index (κ2) is 5.86. The highest BCUT2D eigenvalue weighted by atomic mass is 32.1. The summed E-state index contributed by atoms with van der Waals surface area (Å²) in [7, 11) is 1.91. The minimum Gasteiger partial charge on any atom is -0.329 e. The van der Waals surface area contributed by atoms with E-state index in [0.717, 1.165) is 20.9 Å². The molecule has 0 saturated heterocycles. The lowest BCUT2D eigenvalue weighted by Gasteiger charge is -2.17. The molecule has 9 heteroatoms. The molecule has 0 saturated carbocycles. The van der Waals surface area contributed by atoms with Crippen molar-refractivity contribution in [3.8, 4) is 0 Å². The van der Waals surface area contributed by atoms with E-state index in [4.69, 9.17) is 0 Å². The summed E-state index contributed by atoms with van der Waals surface area (Å²) in [5.41, 5.74) is 5.57. The van der Waals surface area contributed by atoms with Crippen molar-refractivity contribution in [2.75, 3.05) is 17.3 Å². The average Bonchev–Trinajstić information content (AvgIpc) is 3.25. The number of benzene rings is 1. The molecular formula is C14H11N7S2. The van der Waals surface area contributed by atoms with Gasteiger partial charge in [-0.15, -0.1) is 27.8 Å². The monoisotopic (exact) mass is 341 g/mol. The molecule has 1 N–H and O–H groups in total. The van der Waals surface area contributed by atoms with Gasteiger partial charge in [-0.2, -0.15) is 10.1 Å². The molecule has 0 bridgehead atoms. The SMILES string of the molecule is CN(c1ccc2ncsc2c1)c1nncc(Nc2cncs2)n1. The van der Waals surface area contributed by atoms with Crippen LogP contribution in [0.15, 0.2) is 41.6 Å². The van der Waals surface area contributed by atoms with Gasteiger partial charge in [-0.1, -0.05) is 0 Å². The molecule has 0 aliphatic rings. The maximum Gasteiger partial charge on any atom is 0.251 e. The Morgan fingerprint density at radius 2 is 2.09 bits per heavy atom. The van der Waals surface area contributed by atoms with Crippen LogP contribution < -0.4 is 10.2 Å². The van der Waals surface area contributed by atoms with Crippen LogP contribution in [0, 0.1) is 0 Å². The van der Waals surface area contributed by atoms with Gasteiger partial charge in [-0.05, 0) is 18.2 Å². The van der Waals surface area contributed by atoms with E-state index in [1.807, 2.05) is 29.6 Å². The largest absolute Gasteiger partial charge is 0.329 e. The van der Waals surface area contributed by atoms with Crippen LogP contribution in [0.5, 0.6) is 0 Å². The van der Waals surface area contributed by atoms with Gasteiger partial charge in [-0.25, -0.2) is 4.98 Å². The Labute approximate surface area is 139 Å². The summed E-state index contributed by atoms with van der Waals surface area (Å²) in [5, 5.41) is 12.2. The van der Waals surface area contributed by atoms with Gasteiger partial charge in [0.15, 0.2) is 5.82 Å². The van der Waals surface area contributed by atoms with Crippen LogP contribution in [0.1, 0.15) is 0 Å². The average molecular weight is 341 g/mol. The molecule has 1 aromatic carbocycles. The minimum atomic E-state index is 0.517. The van der Waals surface area contributed by atoms with Crippen LogP contribution in [0.4, 0.5) is 22.5 Å². The Morgan fingerprint density at radius 3 is 2.96 bits per heavy atom. The first kappa shape index (κ1) is 14.0. The summed E-state index contributed by atoms with van der Waals surface area (Å²) in [5.74, 6) is 1.15. The Balaban J connectivity index is 1.63. The molecule has 4 aromatic rings. The van der Waals surface area contributed by atoms with Crippen molar-refractivity contribution < 1.29 is 0 Å². The van der Waals surface area contributed by atoms with Crippen LogP contribution >= 0.6 is 22.7 Å². The smallest absolute Gasteiger partial charge is 0.251 e. The lowest BCUT2D eigenvalue weighted by Crippen LogP contribution is -2.14. The highest BCUT2D eigenvalue weighted by Crippen LogP contribution is 2.27. The third kappa shape index (κ3) is 2.83. The number of hydrogen-bond donors (Lipinski definition) is 1. The standard InChI is InChI=1S/C14H11N7S2/c1-21(9-2-3-10-11(4-9)22-8-16-10)14-19-12(5-17-20-14)18-13-6-15-7-23-13/h2-8H,1H3,(H,18,19,20). The van der Waals surface area contributed by atoms with Gasteiger partial charge in [0.1, 0.15) is 5.00 Å². The van der Waals surface area contributed by atoms with E-state index >= 15 is 0 Å². The van der Waals surface area contributed by atoms with E-state index in [1.165, 1.54) is 11.3 Å². The van der Waals surface area contributed by atoms with E-state index in [0.29, 0.717) is 11.8 Å². The first-order valence-corrected chi connectivity index (χ1v) is 8.48. The number of fused-ring (bicyclic) bond motifs is 1. The normalized spacial score (nSPS) is 10.8. The molecule has 0 aliphatic heterocycles. The van der Waals surface area contributed by atoms with Crippen LogP contribution in [-0.4, -0.2) is 32.2 Å². The second-order valence-corrected chi connectivity index (χ2v) is 6.47. The highest BCUT2D eigenvalue weighted by Gasteiger charge is 2.10. The van der Waals surface area contributed by atoms with Crippen LogP contribution in [0.25, 0.3) is 10.2 Å². The number of hydrogen-bond acceptors (Lipinski definition) is 9. The van der Waals surface area contributed by atoms with Crippen LogP contribution in [0.3, 0.4) is 0 Å². The molecule has 3 heterocycles. The fourth-order valence-electron chi connectivity index (χ4n) is 2.07. The summed E-state index contributed by atoms with van der Waals surface area (Å²) in [6, 6.07) is 6.05. The van der Waals surface area contributed by atoms with Gasteiger partial charge in [0.25, 0.3) is 5.95 Å². The van der Waals surface area contributed by atoms with Crippen molar-refractivity contribution in [3.05, 3.63) is 41.6 Å². The number of aromatic nitrogens is 5. The van der Waals surface area contributed by atoms with Crippen molar-refractivity contribution in [1.82, 2.24) is 25.1 Å². The number of nitrogens with one attached hydrogen (secondary N) is 1. The van der Waals surface area contributed by atoms with Crippen molar-refractivity contribution in [1.29, 1.82) is 0 Å². The molecule has 0 aliphatic carbocycles. The van der Waals surface area contributed by atoms with E-state index in [1.54, 1.807) is 29.2 Å². The topological polar surface area (TPSA) is 79.7 Å². The number of thiazole rings is 2. The molecule has 4 rings (SSSR count).